The third kappa shape index (κ3) is 2.22. The van der Waals surface area contributed by atoms with Crippen LogP contribution in [-0.4, -0.2) is 27.7 Å². The number of aromatic nitrogens is 3. The van der Waals surface area contributed by atoms with Crippen molar-refractivity contribution in [3.63, 3.8) is 0 Å². The summed E-state index contributed by atoms with van der Waals surface area (Å²) in [7, 11) is 0. The fraction of sp³-hybridized carbons (Fsp3) is 0.308. The van der Waals surface area contributed by atoms with E-state index in [-0.39, 0.29) is 5.91 Å². The molecule has 0 bridgehead atoms. The van der Waals surface area contributed by atoms with Crippen LogP contribution in [-0.2, 0) is 17.8 Å². The highest BCUT2D eigenvalue weighted by Gasteiger charge is 2.22. The average molecular weight is 258 g/mol. The Kier molecular flexibility index (Phi) is 3.00. The fourth-order valence-electron chi connectivity index (χ4n) is 2.08. The molecule has 0 unspecified atom stereocenters. The highest BCUT2D eigenvalue weighted by molar-refractivity contribution is 6.03. The zero-order chi connectivity index (χ0) is 13.2. The van der Waals surface area contributed by atoms with E-state index in [1.165, 1.54) is 0 Å². The standard InChI is InChI=1S/C13H14N4O2/c1-8-3-2-5-14-12(8)15-13(18)11-9-7-19-6-4-10(9)16-17-11/h2-3,5H,4,6-7H2,1H3,(H,16,17)(H,14,15,18). The number of anilines is 1. The number of H-pyrrole nitrogens is 1. The monoisotopic (exact) mass is 258 g/mol. The molecule has 19 heavy (non-hydrogen) atoms. The number of hydrogen-bond acceptors (Lipinski definition) is 4. The van der Waals surface area contributed by atoms with Gasteiger partial charge in [-0.25, -0.2) is 4.98 Å². The predicted octanol–water partition coefficient (Wildman–Crippen LogP) is 1.44. The van der Waals surface area contributed by atoms with Crippen LogP contribution in [0.4, 0.5) is 5.82 Å². The molecule has 0 aromatic carbocycles. The molecule has 1 aliphatic rings. The Bertz CT molecular complexity index is 621. The second kappa shape index (κ2) is 4.81. The van der Waals surface area contributed by atoms with Gasteiger partial charge in [0.05, 0.1) is 13.2 Å². The Morgan fingerprint density at radius 3 is 3.26 bits per heavy atom. The lowest BCUT2D eigenvalue weighted by molar-refractivity contribution is 0.0984. The molecular formula is C13H14N4O2. The van der Waals surface area contributed by atoms with Crippen LogP contribution in [0.25, 0.3) is 0 Å². The third-order valence-corrected chi connectivity index (χ3v) is 3.15. The molecule has 0 radical (unpaired) electrons. The smallest absolute Gasteiger partial charge is 0.277 e. The topological polar surface area (TPSA) is 79.9 Å². The number of pyridine rings is 1. The molecule has 0 aliphatic carbocycles. The van der Waals surface area contributed by atoms with Crippen LogP contribution in [0.2, 0.25) is 0 Å². The normalized spacial score (nSPS) is 13.9. The second-order valence-corrected chi connectivity index (χ2v) is 4.45. The first-order chi connectivity index (χ1) is 9.25. The van der Waals surface area contributed by atoms with Crippen molar-refractivity contribution in [3.05, 3.63) is 40.8 Å². The zero-order valence-electron chi connectivity index (χ0n) is 10.6. The molecule has 98 valence electrons. The van der Waals surface area contributed by atoms with Crippen LogP contribution in [0.3, 0.4) is 0 Å². The van der Waals surface area contributed by atoms with Gasteiger partial charge in [0.1, 0.15) is 5.82 Å². The second-order valence-electron chi connectivity index (χ2n) is 4.45. The molecule has 0 saturated carbocycles. The van der Waals surface area contributed by atoms with E-state index in [0.717, 1.165) is 23.2 Å². The minimum absolute atomic E-state index is 0.259. The van der Waals surface area contributed by atoms with Crippen molar-refractivity contribution >= 4 is 11.7 Å². The van der Waals surface area contributed by atoms with Crippen molar-refractivity contribution in [1.29, 1.82) is 0 Å². The lowest BCUT2D eigenvalue weighted by Crippen LogP contribution is -2.18. The Labute approximate surface area is 110 Å². The summed E-state index contributed by atoms with van der Waals surface area (Å²) in [5, 5.41) is 9.75. The van der Waals surface area contributed by atoms with Gasteiger partial charge in [0.15, 0.2) is 5.69 Å². The summed E-state index contributed by atoms with van der Waals surface area (Å²) in [4.78, 5) is 16.3. The largest absolute Gasteiger partial charge is 0.376 e. The van der Waals surface area contributed by atoms with Crippen molar-refractivity contribution in [2.45, 2.75) is 20.0 Å². The van der Waals surface area contributed by atoms with Gasteiger partial charge < -0.3 is 10.1 Å². The molecular weight excluding hydrogens is 244 g/mol. The van der Waals surface area contributed by atoms with Crippen LogP contribution >= 0.6 is 0 Å². The number of hydrogen-bond donors (Lipinski definition) is 2. The van der Waals surface area contributed by atoms with Gasteiger partial charge in [-0.2, -0.15) is 5.10 Å². The Balaban J connectivity index is 1.85. The number of rotatable bonds is 2. The first-order valence-electron chi connectivity index (χ1n) is 6.12. The molecule has 6 heteroatoms. The number of aromatic amines is 1. The molecule has 0 atom stereocenters. The molecule has 0 fully saturated rings. The summed E-state index contributed by atoms with van der Waals surface area (Å²) in [5.41, 5.74) is 3.13. The average Bonchev–Trinajstić information content (AvgIpc) is 2.85. The molecule has 6 nitrogen and oxygen atoms in total. The first kappa shape index (κ1) is 11.9. The number of fused-ring (bicyclic) bond motifs is 1. The van der Waals surface area contributed by atoms with Crippen molar-refractivity contribution in [3.8, 4) is 0 Å². The summed E-state index contributed by atoms with van der Waals surface area (Å²) in [6.07, 6.45) is 2.41. The summed E-state index contributed by atoms with van der Waals surface area (Å²) < 4.78 is 5.36. The van der Waals surface area contributed by atoms with Crippen molar-refractivity contribution in [2.24, 2.45) is 0 Å². The molecule has 3 heterocycles. The Hall–Kier alpha value is -2.21. The zero-order valence-corrected chi connectivity index (χ0v) is 10.6. The molecule has 1 amide bonds. The Morgan fingerprint density at radius 2 is 2.42 bits per heavy atom. The van der Waals surface area contributed by atoms with Gasteiger partial charge >= 0.3 is 0 Å². The van der Waals surface area contributed by atoms with E-state index in [1.54, 1.807) is 6.20 Å². The summed E-state index contributed by atoms with van der Waals surface area (Å²) in [6, 6.07) is 3.72. The van der Waals surface area contributed by atoms with E-state index in [1.807, 2.05) is 19.1 Å². The van der Waals surface area contributed by atoms with Gasteiger partial charge in [-0.1, -0.05) is 6.07 Å². The number of nitrogens with zero attached hydrogens (tertiary/aromatic N) is 2. The van der Waals surface area contributed by atoms with Crippen LogP contribution in [0.5, 0.6) is 0 Å². The van der Waals surface area contributed by atoms with Crippen molar-refractivity contribution in [2.75, 3.05) is 11.9 Å². The number of aryl methyl sites for hydroxylation is 1. The van der Waals surface area contributed by atoms with E-state index >= 15 is 0 Å². The fourth-order valence-corrected chi connectivity index (χ4v) is 2.08. The van der Waals surface area contributed by atoms with Gasteiger partial charge in [0.25, 0.3) is 5.91 Å². The maximum absolute atomic E-state index is 12.2. The number of nitrogens with one attached hydrogen (secondary N) is 2. The van der Waals surface area contributed by atoms with Gasteiger partial charge in [0, 0.05) is 23.9 Å². The highest BCUT2D eigenvalue weighted by atomic mass is 16.5. The van der Waals surface area contributed by atoms with Gasteiger partial charge in [-0.05, 0) is 18.6 Å². The number of carbonyl (C=O) groups is 1. The third-order valence-electron chi connectivity index (χ3n) is 3.15. The SMILES string of the molecule is Cc1cccnc1NC(=O)c1n[nH]c2c1COCC2. The Morgan fingerprint density at radius 1 is 1.53 bits per heavy atom. The number of amides is 1. The number of ether oxygens (including phenoxy) is 1. The van der Waals surface area contributed by atoms with E-state index in [0.29, 0.717) is 24.7 Å². The van der Waals surface area contributed by atoms with Crippen LogP contribution in [0.1, 0.15) is 27.3 Å². The molecule has 1 aliphatic heterocycles. The molecule has 2 N–H and O–H groups in total. The van der Waals surface area contributed by atoms with Gasteiger partial charge in [0.2, 0.25) is 0 Å². The lowest BCUT2D eigenvalue weighted by atomic mass is 10.1. The van der Waals surface area contributed by atoms with Gasteiger partial charge in [-0.15, -0.1) is 0 Å². The molecule has 0 saturated heterocycles. The van der Waals surface area contributed by atoms with Gasteiger partial charge in [-0.3, -0.25) is 9.89 Å². The van der Waals surface area contributed by atoms with Crippen molar-refractivity contribution in [1.82, 2.24) is 15.2 Å². The van der Waals surface area contributed by atoms with E-state index in [9.17, 15) is 4.79 Å². The molecule has 3 rings (SSSR count). The molecule has 0 spiro atoms. The molecule has 2 aromatic rings. The maximum Gasteiger partial charge on any atom is 0.277 e. The van der Waals surface area contributed by atoms with Crippen molar-refractivity contribution < 1.29 is 9.53 Å². The first-order valence-corrected chi connectivity index (χ1v) is 6.12. The predicted molar refractivity (Wildman–Crippen MR) is 68.9 cm³/mol. The van der Waals surface area contributed by atoms with Crippen LogP contribution in [0, 0.1) is 6.92 Å². The molecule has 2 aromatic heterocycles. The van der Waals surface area contributed by atoms with Crippen LogP contribution < -0.4 is 5.32 Å². The highest BCUT2D eigenvalue weighted by Crippen LogP contribution is 2.19. The van der Waals surface area contributed by atoms with E-state index < -0.39 is 0 Å². The summed E-state index contributed by atoms with van der Waals surface area (Å²) in [5.74, 6) is 0.297. The van der Waals surface area contributed by atoms with E-state index in [2.05, 4.69) is 20.5 Å². The summed E-state index contributed by atoms with van der Waals surface area (Å²) >= 11 is 0. The van der Waals surface area contributed by atoms with E-state index in [4.69, 9.17) is 4.74 Å². The lowest BCUT2D eigenvalue weighted by Gasteiger charge is -2.12. The summed E-state index contributed by atoms with van der Waals surface area (Å²) in [6.45, 7) is 2.98. The quantitative estimate of drug-likeness (QED) is 0.854. The maximum atomic E-state index is 12.2. The number of carbonyl (C=O) groups excluding carboxylic acids is 1. The minimum Gasteiger partial charge on any atom is -0.376 e. The minimum atomic E-state index is -0.259. The van der Waals surface area contributed by atoms with Crippen LogP contribution in [0.15, 0.2) is 18.3 Å².